The van der Waals surface area contributed by atoms with Crippen molar-refractivity contribution >= 4 is 16.8 Å². The highest BCUT2D eigenvalue weighted by Crippen LogP contribution is 2.48. The molecule has 1 saturated carbocycles. The Hall–Kier alpha value is -2.73. The molecule has 1 aliphatic heterocycles. The second kappa shape index (κ2) is 6.95. The summed E-state index contributed by atoms with van der Waals surface area (Å²) in [5.41, 5.74) is 5.00. The zero-order valence-corrected chi connectivity index (χ0v) is 17.0. The van der Waals surface area contributed by atoms with Crippen molar-refractivity contribution in [2.24, 2.45) is 5.41 Å². The second-order valence-electron chi connectivity index (χ2n) is 8.97. The molecule has 2 fully saturated rings. The molecule has 2 aromatic heterocycles. The topological polar surface area (TPSA) is 73.9 Å². The van der Waals surface area contributed by atoms with E-state index >= 15 is 0 Å². The minimum absolute atomic E-state index is 0.0801. The number of amides is 1. The van der Waals surface area contributed by atoms with Gasteiger partial charge >= 0.3 is 0 Å². The van der Waals surface area contributed by atoms with Crippen LogP contribution in [0.25, 0.3) is 22.0 Å². The summed E-state index contributed by atoms with van der Waals surface area (Å²) >= 11 is 0. The van der Waals surface area contributed by atoms with E-state index in [1.807, 2.05) is 37.5 Å². The van der Waals surface area contributed by atoms with Crippen LogP contribution in [-0.4, -0.2) is 52.2 Å². The lowest BCUT2D eigenvalue weighted by molar-refractivity contribution is 0.0138. The van der Waals surface area contributed by atoms with Crippen molar-refractivity contribution in [3.63, 3.8) is 0 Å². The number of rotatable bonds is 3. The predicted molar refractivity (Wildman–Crippen MR) is 114 cm³/mol. The molecule has 0 bridgehead atoms. The molecule has 1 aromatic carbocycles. The zero-order valence-electron chi connectivity index (χ0n) is 17.0. The van der Waals surface area contributed by atoms with Crippen molar-refractivity contribution < 1.29 is 4.79 Å². The summed E-state index contributed by atoms with van der Waals surface area (Å²) < 4.78 is 0. The maximum Gasteiger partial charge on any atom is 0.272 e. The van der Waals surface area contributed by atoms with Crippen molar-refractivity contribution in [2.75, 3.05) is 20.1 Å². The summed E-state index contributed by atoms with van der Waals surface area (Å²) in [5, 5.41) is 11.4. The first-order valence-electron chi connectivity index (χ1n) is 10.4. The number of aromatic nitrogens is 3. The lowest BCUT2D eigenvalue weighted by Crippen LogP contribution is -2.54. The Labute approximate surface area is 170 Å². The number of pyridine rings is 1. The molecule has 0 unspecified atom stereocenters. The van der Waals surface area contributed by atoms with Gasteiger partial charge < -0.3 is 10.2 Å². The molecule has 2 aliphatic rings. The molecule has 1 aliphatic carbocycles. The maximum atomic E-state index is 12.9. The van der Waals surface area contributed by atoms with Crippen LogP contribution in [0.5, 0.6) is 0 Å². The quantitative estimate of drug-likeness (QED) is 0.719. The van der Waals surface area contributed by atoms with Crippen molar-refractivity contribution in [1.82, 2.24) is 25.4 Å². The Morgan fingerprint density at radius 2 is 1.97 bits per heavy atom. The van der Waals surface area contributed by atoms with E-state index in [0.29, 0.717) is 11.1 Å². The van der Waals surface area contributed by atoms with Crippen molar-refractivity contribution in [1.29, 1.82) is 0 Å². The summed E-state index contributed by atoms with van der Waals surface area (Å²) in [6, 6.07) is 8.41. The van der Waals surface area contributed by atoms with Gasteiger partial charge in [-0.2, -0.15) is 5.10 Å². The standard InChI is InChI=1S/C23H27N5O/c1-15-9-17(14-24-13-15)16-3-4-20-19(10-16)21(27-26-20)22(29)25-18-11-23(12-18)5-7-28(2)8-6-23/h3-4,9-10,13-14,18H,5-8,11-12H2,1-2H3,(H,25,29)(H,26,27). The molecule has 150 valence electrons. The number of aromatic amines is 1. The number of hydrogen-bond donors (Lipinski definition) is 2. The Bertz CT molecular complexity index is 1060. The van der Waals surface area contributed by atoms with E-state index in [9.17, 15) is 4.79 Å². The molecule has 2 N–H and O–H groups in total. The van der Waals surface area contributed by atoms with Crippen LogP contribution in [-0.2, 0) is 0 Å². The predicted octanol–water partition coefficient (Wildman–Crippen LogP) is 3.54. The highest BCUT2D eigenvalue weighted by atomic mass is 16.2. The first-order valence-corrected chi connectivity index (χ1v) is 10.4. The van der Waals surface area contributed by atoms with Crippen LogP contribution >= 0.6 is 0 Å². The number of nitrogens with one attached hydrogen (secondary N) is 2. The van der Waals surface area contributed by atoms with Crippen LogP contribution in [0.2, 0.25) is 0 Å². The van der Waals surface area contributed by atoms with Crippen LogP contribution in [0, 0.1) is 12.3 Å². The lowest BCUT2D eigenvalue weighted by atomic mass is 9.60. The average molecular weight is 390 g/mol. The first kappa shape index (κ1) is 18.3. The maximum absolute atomic E-state index is 12.9. The summed E-state index contributed by atoms with van der Waals surface area (Å²) in [6.07, 6.45) is 8.37. The van der Waals surface area contributed by atoms with Gasteiger partial charge in [-0.3, -0.25) is 14.9 Å². The molecule has 0 atom stereocenters. The summed E-state index contributed by atoms with van der Waals surface area (Å²) in [6.45, 7) is 4.37. The van der Waals surface area contributed by atoms with Crippen LogP contribution in [0.4, 0.5) is 0 Å². The summed E-state index contributed by atoms with van der Waals surface area (Å²) in [7, 11) is 2.19. The van der Waals surface area contributed by atoms with E-state index < -0.39 is 0 Å². The molecular formula is C23H27N5O. The summed E-state index contributed by atoms with van der Waals surface area (Å²) in [4.78, 5) is 19.6. The average Bonchev–Trinajstić information content (AvgIpc) is 3.12. The fourth-order valence-corrected chi connectivity index (χ4v) is 4.92. The molecule has 6 nitrogen and oxygen atoms in total. The number of nitrogens with zero attached hydrogens (tertiary/aromatic N) is 3. The molecule has 29 heavy (non-hydrogen) atoms. The molecule has 1 amide bonds. The van der Waals surface area contributed by atoms with E-state index in [-0.39, 0.29) is 11.9 Å². The van der Waals surface area contributed by atoms with E-state index in [1.54, 1.807) is 0 Å². The number of benzene rings is 1. The molecule has 3 heterocycles. The number of H-pyrrole nitrogens is 1. The van der Waals surface area contributed by atoms with Gasteiger partial charge in [0.2, 0.25) is 0 Å². The highest BCUT2D eigenvalue weighted by molar-refractivity contribution is 6.05. The molecule has 6 heteroatoms. The Morgan fingerprint density at radius 3 is 2.72 bits per heavy atom. The molecule has 3 aromatic rings. The highest BCUT2D eigenvalue weighted by Gasteiger charge is 2.45. The Kier molecular flexibility index (Phi) is 4.39. The van der Waals surface area contributed by atoms with Crippen LogP contribution in [0.1, 0.15) is 41.7 Å². The lowest BCUT2D eigenvalue weighted by Gasteiger charge is -2.51. The number of hydrogen-bond acceptors (Lipinski definition) is 4. The monoisotopic (exact) mass is 389 g/mol. The number of fused-ring (bicyclic) bond motifs is 1. The van der Waals surface area contributed by atoms with E-state index in [4.69, 9.17) is 0 Å². The van der Waals surface area contributed by atoms with Gasteiger partial charge in [-0.15, -0.1) is 0 Å². The van der Waals surface area contributed by atoms with Gasteiger partial charge in [0.25, 0.3) is 5.91 Å². The molecule has 1 saturated heterocycles. The fourth-order valence-electron chi connectivity index (χ4n) is 4.92. The van der Waals surface area contributed by atoms with Gasteiger partial charge in [0.05, 0.1) is 5.52 Å². The fraction of sp³-hybridized carbons (Fsp3) is 0.435. The smallest absolute Gasteiger partial charge is 0.272 e. The molecule has 1 spiro atoms. The van der Waals surface area contributed by atoms with Gasteiger partial charge in [-0.25, -0.2) is 0 Å². The van der Waals surface area contributed by atoms with Crippen LogP contribution in [0.15, 0.2) is 36.7 Å². The second-order valence-corrected chi connectivity index (χ2v) is 8.97. The SMILES string of the molecule is Cc1cncc(-c2ccc3[nH]nc(C(=O)NC4CC5(CCN(C)CC5)C4)c3c2)c1. The number of piperidine rings is 1. The van der Waals surface area contributed by atoms with Crippen molar-refractivity contribution in [3.05, 3.63) is 47.9 Å². The minimum atomic E-state index is -0.0801. The first-order chi connectivity index (χ1) is 14.0. The summed E-state index contributed by atoms with van der Waals surface area (Å²) in [5.74, 6) is -0.0801. The van der Waals surface area contributed by atoms with Gasteiger partial charge in [-0.05, 0) is 87.5 Å². The van der Waals surface area contributed by atoms with E-state index in [1.165, 1.54) is 25.9 Å². The zero-order chi connectivity index (χ0) is 20.0. The number of carbonyl (C=O) groups excluding carboxylic acids is 1. The van der Waals surface area contributed by atoms with Crippen LogP contribution in [0.3, 0.4) is 0 Å². The largest absolute Gasteiger partial charge is 0.348 e. The van der Waals surface area contributed by atoms with Gasteiger partial charge in [0.1, 0.15) is 0 Å². The van der Waals surface area contributed by atoms with E-state index in [2.05, 4.69) is 38.5 Å². The van der Waals surface area contributed by atoms with Crippen LogP contribution < -0.4 is 5.32 Å². The van der Waals surface area contributed by atoms with Gasteiger partial charge in [0, 0.05) is 29.4 Å². The Morgan fingerprint density at radius 1 is 1.17 bits per heavy atom. The van der Waals surface area contributed by atoms with E-state index in [0.717, 1.165) is 40.4 Å². The normalized spacial score (nSPS) is 19.4. The van der Waals surface area contributed by atoms with Crippen molar-refractivity contribution in [2.45, 2.75) is 38.6 Å². The number of carbonyl (C=O) groups is 1. The van der Waals surface area contributed by atoms with Gasteiger partial charge in [-0.1, -0.05) is 6.07 Å². The van der Waals surface area contributed by atoms with Gasteiger partial charge in [0.15, 0.2) is 5.69 Å². The molecule has 5 rings (SSSR count). The third kappa shape index (κ3) is 3.42. The minimum Gasteiger partial charge on any atom is -0.348 e. The third-order valence-corrected chi connectivity index (χ3v) is 6.73. The Balaban J connectivity index is 1.32. The number of likely N-dealkylation sites (tertiary alicyclic amines) is 1. The third-order valence-electron chi connectivity index (χ3n) is 6.73. The molecule has 0 radical (unpaired) electrons. The van der Waals surface area contributed by atoms with Crippen molar-refractivity contribution in [3.8, 4) is 11.1 Å². The molecular weight excluding hydrogens is 362 g/mol. The number of aryl methyl sites for hydroxylation is 1.